The van der Waals surface area contributed by atoms with Crippen molar-refractivity contribution < 1.29 is 23.7 Å². The highest BCUT2D eigenvalue weighted by molar-refractivity contribution is 6.30. The molecule has 1 heterocycles. The number of hydrogen-bond donors (Lipinski definition) is 1. The van der Waals surface area contributed by atoms with E-state index >= 15 is 0 Å². The van der Waals surface area contributed by atoms with Crippen molar-refractivity contribution in [2.24, 2.45) is 0 Å². The molecule has 8 nitrogen and oxygen atoms in total. The third-order valence-corrected chi connectivity index (χ3v) is 4.56. The second kappa shape index (κ2) is 9.23. The zero-order valence-electron chi connectivity index (χ0n) is 15.9. The number of hydrogen-bond acceptors (Lipinski definition) is 6. The number of rotatable bonds is 7. The number of nitro benzene ring substituents is 1. The van der Waals surface area contributed by atoms with E-state index in [9.17, 15) is 19.7 Å². The third kappa shape index (κ3) is 5.03. The van der Waals surface area contributed by atoms with E-state index in [4.69, 9.17) is 20.8 Å². The first kappa shape index (κ1) is 21.1. The summed E-state index contributed by atoms with van der Waals surface area (Å²) in [6.45, 7) is 1.04. The van der Waals surface area contributed by atoms with Crippen LogP contribution in [0.3, 0.4) is 0 Å². The van der Waals surface area contributed by atoms with Crippen molar-refractivity contribution in [3.63, 3.8) is 0 Å². The van der Waals surface area contributed by atoms with Gasteiger partial charge in [-0.1, -0.05) is 17.7 Å². The Morgan fingerprint density at radius 3 is 2.57 bits per heavy atom. The van der Waals surface area contributed by atoms with Crippen molar-refractivity contribution in [1.82, 2.24) is 5.32 Å². The van der Waals surface area contributed by atoms with Crippen molar-refractivity contribution in [1.29, 1.82) is 0 Å². The lowest BCUT2D eigenvalue weighted by molar-refractivity contribution is -0.385. The van der Waals surface area contributed by atoms with E-state index in [1.165, 1.54) is 25.1 Å². The van der Waals surface area contributed by atoms with Crippen LogP contribution in [0.2, 0.25) is 5.02 Å². The minimum absolute atomic E-state index is 0.0376. The van der Waals surface area contributed by atoms with E-state index in [1.54, 1.807) is 24.3 Å². The summed E-state index contributed by atoms with van der Waals surface area (Å²) in [5, 5.41) is 14.2. The molecule has 0 spiro atoms. The fraction of sp³-hybridized carbons (Fsp3) is 0.143. The summed E-state index contributed by atoms with van der Waals surface area (Å²) < 4.78 is 10.6. The van der Waals surface area contributed by atoms with Crippen molar-refractivity contribution in [3.05, 3.63) is 86.6 Å². The van der Waals surface area contributed by atoms with E-state index in [0.717, 1.165) is 5.56 Å². The minimum Gasteiger partial charge on any atom is -0.459 e. The topological polar surface area (TPSA) is 112 Å². The molecule has 9 heteroatoms. The fourth-order valence-electron chi connectivity index (χ4n) is 2.73. The molecule has 1 aromatic heterocycles. The van der Waals surface area contributed by atoms with Crippen molar-refractivity contribution >= 4 is 29.2 Å². The van der Waals surface area contributed by atoms with Crippen molar-refractivity contribution in [2.45, 2.75) is 13.5 Å². The molecule has 0 fully saturated rings. The van der Waals surface area contributed by atoms with Crippen LogP contribution in [-0.4, -0.2) is 23.4 Å². The molecule has 0 unspecified atom stereocenters. The van der Waals surface area contributed by atoms with Gasteiger partial charge in [0.1, 0.15) is 11.5 Å². The highest BCUT2D eigenvalue weighted by Crippen LogP contribution is 2.24. The molecule has 0 aliphatic heterocycles. The molecule has 3 rings (SSSR count). The molecule has 0 aliphatic carbocycles. The molecular formula is C21H17ClN2O6. The lowest BCUT2D eigenvalue weighted by Gasteiger charge is -2.07. The number of nitrogens with one attached hydrogen (secondary N) is 1. The first-order chi connectivity index (χ1) is 14.3. The Balaban J connectivity index is 1.52. The molecule has 30 heavy (non-hydrogen) atoms. The smallest absolute Gasteiger partial charge is 0.339 e. The van der Waals surface area contributed by atoms with Crippen LogP contribution in [0.15, 0.2) is 59.0 Å². The number of carbonyl (C=O) groups excluding carboxylic acids is 2. The van der Waals surface area contributed by atoms with Crippen LogP contribution in [-0.2, 0) is 16.1 Å². The zero-order valence-corrected chi connectivity index (χ0v) is 16.6. The van der Waals surface area contributed by atoms with Gasteiger partial charge in [0.25, 0.3) is 11.6 Å². The molecule has 0 saturated carbocycles. The van der Waals surface area contributed by atoms with Crippen LogP contribution in [0.4, 0.5) is 5.69 Å². The first-order valence-corrected chi connectivity index (χ1v) is 9.25. The number of esters is 1. The quantitative estimate of drug-likeness (QED) is 0.341. The molecule has 1 N–H and O–H groups in total. The predicted octanol–water partition coefficient (Wildman–Crippen LogP) is 4.29. The van der Waals surface area contributed by atoms with Gasteiger partial charge in [0, 0.05) is 22.2 Å². The Labute approximate surface area is 176 Å². The third-order valence-electron chi connectivity index (χ3n) is 4.31. The van der Waals surface area contributed by atoms with Gasteiger partial charge < -0.3 is 14.5 Å². The van der Waals surface area contributed by atoms with Crippen LogP contribution in [0, 0.1) is 17.0 Å². The zero-order chi connectivity index (χ0) is 21.7. The molecule has 0 atom stereocenters. The summed E-state index contributed by atoms with van der Waals surface area (Å²) in [6.07, 6.45) is 0. The second-order valence-electron chi connectivity index (χ2n) is 6.33. The van der Waals surface area contributed by atoms with Gasteiger partial charge in [-0.25, -0.2) is 4.79 Å². The molecular weight excluding hydrogens is 412 g/mol. The summed E-state index contributed by atoms with van der Waals surface area (Å²) in [4.78, 5) is 34.5. The number of nitro groups is 1. The second-order valence-corrected chi connectivity index (χ2v) is 6.77. The Morgan fingerprint density at radius 2 is 1.87 bits per heavy atom. The predicted molar refractivity (Wildman–Crippen MR) is 109 cm³/mol. The average Bonchev–Trinajstić information content (AvgIpc) is 3.20. The van der Waals surface area contributed by atoms with Crippen LogP contribution < -0.4 is 5.32 Å². The van der Waals surface area contributed by atoms with E-state index in [1.807, 2.05) is 12.1 Å². The maximum atomic E-state index is 12.2. The van der Waals surface area contributed by atoms with Gasteiger partial charge in [-0.05, 0) is 49.4 Å². The summed E-state index contributed by atoms with van der Waals surface area (Å²) in [7, 11) is 0. The Morgan fingerprint density at radius 1 is 1.13 bits per heavy atom. The van der Waals surface area contributed by atoms with E-state index in [-0.39, 0.29) is 23.4 Å². The number of amides is 1. The first-order valence-electron chi connectivity index (χ1n) is 8.87. The van der Waals surface area contributed by atoms with Gasteiger partial charge in [0.15, 0.2) is 6.61 Å². The number of nitrogens with zero attached hydrogens (tertiary/aromatic N) is 1. The van der Waals surface area contributed by atoms with Crippen LogP contribution in [0.5, 0.6) is 0 Å². The highest BCUT2D eigenvalue weighted by atomic mass is 35.5. The molecule has 2 aromatic carbocycles. The molecule has 3 aromatic rings. The number of carbonyl (C=O) groups is 2. The van der Waals surface area contributed by atoms with Crippen LogP contribution >= 0.6 is 11.6 Å². The molecule has 0 aliphatic rings. The van der Waals surface area contributed by atoms with Gasteiger partial charge in [0.05, 0.1) is 17.0 Å². The Bertz CT molecular complexity index is 1090. The normalized spacial score (nSPS) is 10.5. The summed E-state index contributed by atoms with van der Waals surface area (Å²) in [6, 6.07) is 14.7. The van der Waals surface area contributed by atoms with Gasteiger partial charge >= 0.3 is 5.97 Å². The molecule has 154 valence electrons. The SMILES string of the molecule is Cc1c(C(=O)OCC(=O)NCc2ccc(-c3ccc(Cl)cc3)o2)cccc1[N+](=O)[O-]. The molecule has 0 saturated heterocycles. The van der Waals surface area contributed by atoms with E-state index in [2.05, 4.69) is 5.32 Å². The van der Waals surface area contributed by atoms with E-state index in [0.29, 0.717) is 16.5 Å². The van der Waals surface area contributed by atoms with Gasteiger partial charge in [0.2, 0.25) is 0 Å². The number of ether oxygens (including phenoxy) is 1. The minimum atomic E-state index is -0.811. The molecule has 0 radical (unpaired) electrons. The number of halogens is 1. The van der Waals surface area contributed by atoms with Gasteiger partial charge in [-0.15, -0.1) is 0 Å². The molecule has 0 bridgehead atoms. The standard InChI is InChI=1S/C21H17ClN2O6/c1-13-17(3-2-4-18(13)24(27)28)21(26)29-12-20(25)23-11-16-9-10-19(30-16)14-5-7-15(22)8-6-14/h2-10H,11-12H2,1H3,(H,23,25). The summed E-state index contributed by atoms with van der Waals surface area (Å²) in [5.74, 6) is -0.192. The lowest BCUT2D eigenvalue weighted by Crippen LogP contribution is -2.28. The summed E-state index contributed by atoms with van der Waals surface area (Å²) in [5.41, 5.74) is 0.871. The number of benzene rings is 2. The number of furan rings is 1. The Hall–Kier alpha value is -3.65. The fourth-order valence-corrected chi connectivity index (χ4v) is 2.86. The van der Waals surface area contributed by atoms with Crippen LogP contribution in [0.25, 0.3) is 11.3 Å². The molecule has 1 amide bonds. The van der Waals surface area contributed by atoms with Crippen molar-refractivity contribution in [3.8, 4) is 11.3 Å². The van der Waals surface area contributed by atoms with Gasteiger partial charge in [-0.2, -0.15) is 0 Å². The largest absolute Gasteiger partial charge is 0.459 e. The van der Waals surface area contributed by atoms with Crippen LogP contribution in [0.1, 0.15) is 21.7 Å². The maximum absolute atomic E-state index is 12.2. The van der Waals surface area contributed by atoms with Crippen molar-refractivity contribution in [2.75, 3.05) is 6.61 Å². The van der Waals surface area contributed by atoms with Gasteiger partial charge in [-0.3, -0.25) is 14.9 Å². The highest BCUT2D eigenvalue weighted by Gasteiger charge is 2.19. The lowest BCUT2D eigenvalue weighted by atomic mass is 10.1. The monoisotopic (exact) mass is 428 g/mol. The average molecular weight is 429 g/mol. The summed E-state index contributed by atoms with van der Waals surface area (Å²) >= 11 is 5.87. The Kier molecular flexibility index (Phi) is 6.48. The maximum Gasteiger partial charge on any atom is 0.339 e. The van der Waals surface area contributed by atoms with E-state index < -0.39 is 23.4 Å².